The predicted molar refractivity (Wildman–Crippen MR) is 81.4 cm³/mol. The molecule has 0 aromatic heterocycles. The van der Waals surface area contributed by atoms with E-state index in [4.69, 9.17) is 9.84 Å². The number of aliphatic hydroxyl groups is 1. The van der Waals surface area contributed by atoms with Crippen LogP contribution in [0.3, 0.4) is 0 Å². The molecule has 124 valence electrons. The van der Waals surface area contributed by atoms with E-state index in [1.807, 2.05) is 13.8 Å². The third-order valence-corrected chi connectivity index (χ3v) is 3.70. The van der Waals surface area contributed by atoms with Crippen molar-refractivity contribution >= 4 is 0 Å². The molecule has 6 heteroatoms. The van der Waals surface area contributed by atoms with E-state index in [2.05, 4.69) is 5.32 Å². The maximum absolute atomic E-state index is 14.3. The second kappa shape index (κ2) is 7.35. The number of halogens is 2. The molecule has 22 heavy (non-hydrogen) atoms. The number of aliphatic hydroxyl groups excluding tert-OH is 1. The van der Waals surface area contributed by atoms with Crippen molar-refractivity contribution in [3.8, 4) is 5.75 Å². The number of ether oxygens (including phenoxy) is 1. The molecule has 0 bridgehead atoms. The summed E-state index contributed by atoms with van der Waals surface area (Å²) >= 11 is 0. The molecule has 1 aromatic carbocycles. The third kappa shape index (κ3) is 4.15. The largest absolute Gasteiger partial charge is 0.491 e. The molecule has 0 spiro atoms. The molecule has 1 aliphatic heterocycles. The van der Waals surface area contributed by atoms with E-state index in [1.54, 1.807) is 29.2 Å². The molecular formula is C16H24F2N2O2. The Hall–Kier alpha value is -1.24. The molecule has 1 atom stereocenters. The number of rotatable bonds is 6. The Morgan fingerprint density at radius 1 is 1.23 bits per heavy atom. The molecule has 1 saturated heterocycles. The summed E-state index contributed by atoms with van der Waals surface area (Å²) in [6.45, 7) is 5.08. The topological polar surface area (TPSA) is 44.7 Å². The predicted octanol–water partition coefficient (Wildman–Crippen LogP) is 2.05. The van der Waals surface area contributed by atoms with Crippen LogP contribution < -0.4 is 10.1 Å². The molecule has 1 aromatic rings. The van der Waals surface area contributed by atoms with Crippen molar-refractivity contribution in [2.75, 3.05) is 32.8 Å². The zero-order chi connectivity index (χ0) is 16.2. The fraction of sp³-hybridized carbons (Fsp3) is 0.625. The van der Waals surface area contributed by atoms with Gasteiger partial charge in [0.15, 0.2) is 0 Å². The normalized spacial score (nSPS) is 18.5. The highest BCUT2D eigenvalue weighted by molar-refractivity contribution is 5.30. The summed E-state index contributed by atoms with van der Waals surface area (Å²) in [5, 5.41) is 12.3. The van der Waals surface area contributed by atoms with Crippen LogP contribution in [0.15, 0.2) is 24.3 Å². The lowest BCUT2D eigenvalue weighted by Crippen LogP contribution is -2.51. The van der Waals surface area contributed by atoms with E-state index in [0.29, 0.717) is 37.5 Å². The molecule has 1 heterocycles. The number of benzene rings is 1. The Balaban J connectivity index is 2.24. The zero-order valence-corrected chi connectivity index (χ0v) is 13.1. The maximum atomic E-state index is 14.3. The molecule has 4 nitrogen and oxygen atoms in total. The van der Waals surface area contributed by atoms with Gasteiger partial charge in [-0.2, -0.15) is 0 Å². The van der Waals surface area contributed by atoms with Crippen molar-refractivity contribution in [2.45, 2.75) is 31.9 Å². The van der Waals surface area contributed by atoms with Gasteiger partial charge in [0.1, 0.15) is 18.4 Å². The second-order valence-electron chi connectivity index (χ2n) is 5.84. The van der Waals surface area contributed by atoms with Gasteiger partial charge in [-0.25, -0.2) is 8.78 Å². The van der Waals surface area contributed by atoms with Crippen LogP contribution >= 0.6 is 0 Å². The summed E-state index contributed by atoms with van der Waals surface area (Å²) in [7, 11) is 0. The first-order valence-electron chi connectivity index (χ1n) is 7.64. The Morgan fingerprint density at radius 2 is 1.82 bits per heavy atom. The van der Waals surface area contributed by atoms with Gasteiger partial charge >= 0.3 is 0 Å². The van der Waals surface area contributed by atoms with Gasteiger partial charge in [0.05, 0.1) is 6.10 Å². The SMILES string of the molecule is CC(C)Oc1ccc([C@H](N2CCNCC2)C(F)(F)CO)cc1. The standard InChI is InChI=1S/C16H24F2N2O2/c1-12(2)22-14-5-3-13(4-6-14)15(16(17,18)11-21)20-9-7-19-8-10-20/h3-6,12,15,19,21H,7-11H2,1-2H3/t15-/m0/s1. The first kappa shape index (κ1) is 17.1. The molecule has 2 rings (SSSR count). The van der Waals surface area contributed by atoms with E-state index in [-0.39, 0.29) is 6.10 Å². The van der Waals surface area contributed by atoms with Crippen LogP contribution in [0.4, 0.5) is 8.78 Å². The van der Waals surface area contributed by atoms with Gasteiger partial charge in [0, 0.05) is 26.2 Å². The van der Waals surface area contributed by atoms with Crippen molar-refractivity contribution in [3.63, 3.8) is 0 Å². The zero-order valence-electron chi connectivity index (χ0n) is 13.1. The van der Waals surface area contributed by atoms with Crippen LogP contribution in [0, 0.1) is 0 Å². The number of nitrogens with one attached hydrogen (secondary N) is 1. The van der Waals surface area contributed by atoms with Crippen LogP contribution in [0.25, 0.3) is 0 Å². The quantitative estimate of drug-likeness (QED) is 0.843. The maximum Gasteiger partial charge on any atom is 0.289 e. The number of piperazine rings is 1. The summed E-state index contributed by atoms with van der Waals surface area (Å²) in [4.78, 5) is 1.73. The van der Waals surface area contributed by atoms with E-state index < -0.39 is 18.6 Å². The average Bonchev–Trinajstić information content (AvgIpc) is 2.49. The van der Waals surface area contributed by atoms with Crippen molar-refractivity contribution < 1.29 is 18.6 Å². The lowest BCUT2D eigenvalue weighted by molar-refractivity contribution is -0.118. The summed E-state index contributed by atoms with van der Waals surface area (Å²) in [6, 6.07) is 5.62. The first-order chi connectivity index (χ1) is 10.4. The van der Waals surface area contributed by atoms with Gasteiger partial charge < -0.3 is 15.2 Å². The molecule has 0 aliphatic carbocycles. The molecule has 0 saturated carbocycles. The fourth-order valence-corrected chi connectivity index (χ4v) is 2.75. The van der Waals surface area contributed by atoms with E-state index in [0.717, 1.165) is 0 Å². The Kier molecular flexibility index (Phi) is 5.72. The van der Waals surface area contributed by atoms with Crippen molar-refractivity contribution in [2.24, 2.45) is 0 Å². The smallest absolute Gasteiger partial charge is 0.289 e. The fourth-order valence-electron chi connectivity index (χ4n) is 2.75. The van der Waals surface area contributed by atoms with Gasteiger partial charge in [0.25, 0.3) is 5.92 Å². The minimum absolute atomic E-state index is 0.0358. The Bertz CT molecular complexity index is 460. The molecule has 0 radical (unpaired) electrons. The first-order valence-corrected chi connectivity index (χ1v) is 7.64. The Morgan fingerprint density at radius 3 is 2.32 bits per heavy atom. The van der Waals surface area contributed by atoms with Crippen molar-refractivity contribution in [1.29, 1.82) is 0 Å². The van der Waals surface area contributed by atoms with Gasteiger partial charge in [-0.1, -0.05) is 12.1 Å². The summed E-state index contributed by atoms with van der Waals surface area (Å²) in [5.41, 5.74) is 0.497. The minimum Gasteiger partial charge on any atom is -0.491 e. The van der Waals surface area contributed by atoms with Gasteiger partial charge in [-0.15, -0.1) is 0 Å². The summed E-state index contributed by atoms with van der Waals surface area (Å²) < 4.78 is 34.1. The number of nitrogens with zero attached hydrogens (tertiary/aromatic N) is 1. The van der Waals surface area contributed by atoms with E-state index in [1.165, 1.54) is 0 Å². The molecule has 1 aliphatic rings. The third-order valence-electron chi connectivity index (χ3n) is 3.70. The monoisotopic (exact) mass is 314 g/mol. The number of hydrogen-bond acceptors (Lipinski definition) is 4. The minimum atomic E-state index is -3.18. The molecule has 2 N–H and O–H groups in total. The van der Waals surface area contributed by atoms with Crippen LogP contribution in [0.5, 0.6) is 5.75 Å². The summed E-state index contributed by atoms with van der Waals surface area (Å²) in [5.74, 6) is -2.53. The highest BCUT2D eigenvalue weighted by Crippen LogP contribution is 2.37. The average molecular weight is 314 g/mol. The lowest BCUT2D eigenvalue weighted by Gasteiger charge is -2.38. The summed E-state index contributed by atoms with van der Waals surface area (Å²) in [6.07, 6.45) is 0.0358. The van der Waals surface area contributed by atoms with Crippen LogP contribution in [0.1, 0.15) is 25.5 Å². The Labute approximate surface area is 130 Å². The molecular weight excluding hydrogens is 290 g/mol. The lowest BCUT2D eigenvalue weighted by atomic mass is 9.98. The van der Waals surface area contributed by atoms with Crippen molar-refractivity contribution in [1.82, 2.24) is 10.2 Å². The highest BCUT2D eigenvalue weighted by Gasteiger charge is 2.43. The number of alkyl halides is 2. The van der Waals surface area contributed by atoms with Gasteiger partial charge in [0.2, 0.25) is 0 Å². The van der Waals surface area contributed by atoms with Crippen LogP contribution in [-0.4, -0.2) is 54.8 Å². The number of hydrogen-bond donors (Lipinski definition) is 2. The molecule has 1 fully saturated rings. The van der Waals surface area contributed by atoms with Crippen LogP contribution in [-0.2, 0) is 0 Å². The molecule has 0 amide bonds. The second-order valence-corrected chi connectivity index (χ2v) is 5.84. The molecule has 0 unspecified atom stereocenters. The van der Waals surface area contributed by atoms with E-state index >= 15 is 0 Å². The van der Waals surface area contributed by atoms with Gasteiger partial charge in [-0.05, 0) is 31.5 Å². The highest BCUT2D eigenvalue weighted by atomic mass is 19.3. The van der Waals surface area contributed by atoms with Crippen LogP contribution in [0.2, 0.25) is 0 Å². The van der Waals surface area contributed by atoms with Gasteiger partial charge in [-0.3, -0.25) is 4.90 Å². The van der Waals surface area contributed by atoms with Crippen molar-refractivity contribution in [3.05, 3.63) is 29.8 Å². The van der Waals surface area contributed by atoms with E-state index in [9.17, 15) is 8.78 Å².